The predicted octanol–water partition coefficient (Wildman–Crippen LogP) is 0.621. The summed E-state index contributed by atoms with van der Waals surface area (Å²) in [6, 6.07) is 14.2. The molecule has 2 aromatic carbocycles. The molecular weight excluding hydrogens is 334 g/mol. The lowest BCUT2D eigenvalue weighted by atomic mass is 10.0. The quantitative estimate of drug-likeness (QED) is 0.481. The Morgan fingerprint density at radius 1 is 1.08 bits per heavy atom. The molecule has 0 spiro atoms. The van der Waals surface area contributed by atoms with E-state index in [1.54, 1.807) is 5.01 Å². The molecule has 0 amide bonds. The first kappa shape index (κ1) is 16.2. The third kappa shape index (κ3) is 3.27. The van der Waals surface area contributed by atoms with Gasteiger partial charge in [-0.15, -0.1) is 0 Å². The van der Waals surface area contributed by atoms with Crippen molar-refractivity contribution >= 4 is 23.9 Å². The molecule has 5 nitrogen and oxygen atoms in total. The van der Waals surface area contributed by atoms with Gasteiger partial charge in [0.2, 0.25) is 0 Å². The molecule has 2 aliphatic heterocycles. The maximum Gasteiger partial charge on any atom is 0.149 e. The Morgan fingerprint density at radius 2 is 1.96 bits per heavy atom. The van der Waals surface area contributed by atoms with E-state index in [1.807, 2.05) is 42.7 Å². The van der Waals surface area contributed by atoms with Gasteiger partial charge >= 0.3 is 0 Å². The minimum Gasteiger partial charge on any atom is -0.371 e. The van der Waals surface area contributed by atoms with Crippen molar-refractivity contribution in [3.63, 3.8) is 0 Å². The molecule has 2 aliphatic rings. The van der Waals surface area contributed by atoms with Crippen LogP contribution in [0.2, 0.25) is 5.02 Å². The zero-order valence-electron chi connectivity index (χ0n) is 13.6. The Morgan fingerprint density at radius 3 is 2.76 bits per heavy atom. The molecule has 4 rings (SSSR count). The van der Waals surface area contributed by atoms with Crippen LogP contribution in [0.1, 0.15) is 0 Å². The lowest BCUT2D eigenvalue weighted by Crippen LogP contribution is -2.64. The molecule has 5 N–H and O–H groups in total. The van der Waals surface area contributed by atoms with Gasteiger partial charge in [-0.25, -0.2) is 0 Å². The highest BCUT2D eigenvalue weighted by Crippen LogP contribution is 2.25. The van der Waals surface area contributed by atoms with E-state index in [-0.39, 0.29) is 12.5 Å². The summed E-state index contributed by atoms with van der Waals surface area (Å²) in [5.41, 5.74) is 2.13. The van der Waals surface area contributed by atoms with Crippen LogP contribution in [0.3, 0.4) is 0 Å². The Kier molecular flexibility index (Phi) is 4.46. The van der Waals surface area contributed by atoms with E-state index in [0.29, 0.717) is 0 Å². The van der Waals surface area contributed by atoms with Crippen molar-refractivity contribution in [3.8, 4) is 11.1 Å². The first-order valence-electron chi connectivity index (χ1n) is 8.23. The van der Waals surface area contributed by atoms with Crippen molar-refractivity contribution in [2.24, 2.45) is 5.84 Å². The van der Waals surface area contributed by atoms with E-state index in [4.69, 9.17) is 17.4 Å². The maximum atomic E-state index is 6.32. The van der Waals surface area contributed by atoms with E-state index in [1.165, 1.54) is 0 Å². The topological polar surface area (TPSA) is 65.3 Å². The second-order valence-corrected chi connectivity index (χ2v) is 6.48. The fraction of sp³-hybridized carbons (Fsp3) is 0.158. The van der Waals surface area contributed by atoms with Gasteiger partial charge in [0.15, 0.2) is 0 Å². The molecule has 25 heavy (non-hydrogen) atoms. The second kappa shape index (κ2) is 6.90. The van der Waals surface area contributed by atoms with Gasteiger partial charge in [-0.2, -0.15) is 5.01 Å². The Bertz CT molecular complexity index is 924. The summed E-state index contributed by atoms with van der Waals surface area (Å²) in [5.74, 6) is 6.26. The molecule has 2 aromatic rings. The van der Waals surface area contributed by atoms with Crippen molar-refractivity contribution in [2.45, 2.75) is 12.5 Å². The average molecular weight is 354 g/mol. The molecule has 0 bridgehead atoms. The first-order chi connectivity index (χ1) is 12.2. The number of nitrogens with one attached hydrogen (secondary N) is 3. The van der Waals surface area contributed by atoms with Gasteiger partial charge in [-0.05, 0) is 40.4 Å². The third-order valence-electron chi connectivity index (χ3n) is 4.44. The molecular formula is C19H20ClN5. The number of fused-ring (bicyclic) bond motifs is 1. The van der Waals surface area contributed by atoms with Gasteiger partial charge in [-0.1, -0.05) is 48.0 Å². The summed E-state index contributed by atoms with van der Waals surface area (Å²) < 4.78 is 0. The maximum absolute atomic E-state index is 6.32. The van der Waals surface area contributed by atoms with Crippen LogP contribution in [0.15, 0.2) is 54.7 Å². The number of hydrogen-bond acceptors (Lipinski definition) is 5. The van der Waals surface area contributed by atoms with Gasteiger partial charge in [0.1, 0.15) is 12.5 Å². The minimum atomic E-state index is -0.115. The SMILES string of the molecule is NN(C1C=c2ccc(-c3ccccc3Cl)cc2=CN1)C1NC=CCN1. The van der Waals surface area contributed by atoms with Crippen molar-refractivity contribution in [1.29, 1.82) is 0 Å². The lowest BCUT2D eigenvalue weighted by Gasteiger charge is -2.35. The average Bonchev–Trinajstić information content (AvgIpc) is 2.68. The van der Waals surface area contributed by atoms with Crippen LogP contribution < -0.4 is 32.2 Å². The van der Waals surface area contributed by atoms with E-state index in [2.05, 4.69) is 40.2 Å². The molecule has 0 fully saturated rings. The highest BCUT2D eigenvalue weighted by molar-refractivity contribution is 6.33. The molecule has 0 saturated heterocycles. The summed E-state index contributed by atoms with van der Waals surface area (Å²) >= 11 is 6.32. The summed E-state index contributed by atoms with van der Waals surface area (Å²) in [5, 5.41) is 14.6. The van der Waals surface area contributed by atoms with Gasteiger partial charge in [0, 0.05) is 23.3 Å². The standard InChI is InChI=1S/C19H20ClN5/c20-17-5-2-1-4-16(17)14-7-6-13-11-18(24-12-15(13)10-14)25(21)19-22-8-3-9-23-19/h1-8,10-12,18-19,22-24H,9,21H2. The number of nitrogens with two attached hydrogens (primary N) is 1. The zero-order chi connectivity index (χ0) is 17.2. The number of benzene rings is 2. The number of rotatable bonds is 3. The largest absolute Gasteiger partial charge is 0.371 e. The van der Waals surface area contributed by atoms with Crippen molar-refractivity contribution in [1.82, 2.24) is 21.0 Å². The van der Waals surface area contributed by atoms with E-state index >= 15 is 0 Å². The summed E-state index contributed by atoms with van der Waals surface area (Å²) in [4.78, 5) is 0. The van der Waals surface area contributed by atoms with Gasteiger partial charge in [0.05, 0.1) is 0 Å². The van der Waals surface area contributed by atoms with E-state index in [9.17, 15) is 0 Å². The molecule has 2 atom stereocenters. The molecule has 6 heteroatoms. The van der Waals surface area contributed by atoms with E-state index < -0.39 is 0 Å². The lowest BCUT2D eigenvalue weighted by molar-refractivity contribution is 0.115. The molecule has 128 valence electrons. The molecule has 0 radical (unpaired) electrons. The van der Waals surface area contributed by atoms with Crippen LogP contribution in [0, 0.1) is 0 Å². The third-order valence-corrected chi connectivity index (χ3v) is 4.77. The fourth-order valence-electron chi connectivity index (χ4n) is 3.09. The van der Waals surface area contributed by atoms with Crippen molar-refractivity contribution < 1.29 is 0 Å². The zero-order valence-corrected chi connectivity index (χ0v) is 14.4. The Hall–Kier alpha value is -2.31. The summed E-state index contributed by atoms with van der Waals surface area (Å²) in [6.07, 6.45) is 7.83. The molecule has 2 unspecified atom stereocenters. The molecule has 0 aliphatic carbocycles. The van der Waals surface area contributed by atoms with Crippen LogP contribution in [0.25, 0.3) is 23.4 Å². The van der Waals surface area contributed by atoms with Gasteiger partial charge in [0.25, 0.3) is 0 Å². The second-order valence-electron chi connectivity index (χ2n) is 6.07. The predicted molar refractivity (Wildman–Crippen MR) is 102 cm³/mol. The summed E-state index contributed by atoms with van der Waals surface area (Å²) in [6.45, 7) is 0.791. The molecule has 0 saturated carbocycles. The van der Waals surface area contributed by atoms with Crippen LogP contribution in [0.4, 0.5) is 0 Å². The van der Waals surface area contributed by atoms with Crippen LogP contribution in [0.5, 0.6) is 0 Å². The number of halogens is 1. The highest BCUT2D eigenvalue weighted by atomic mass is 35.5. The smallest absolute Gasteiger partial charge is 0.149 e. The van der Waals surface area contributed by atoms with Crippen LogP contribution in [-0.4, -0.2) is 24.0 Å². The number of hydrogen-bond donors (Lipinski definition) is 4. The van der Waals surface area contributed by atoms with E-state index in [0.717, 1.165) is 33.1 Å². The fourth-order valence-corrected chi connectivity index (χ4v) is 3.33. The van der Waals surface area contributed by atoms with Crippen molar-refractivity contribution in [3.05, 3.63) is 70.2 Å². The van der Waals surface area contributed by atoms with Gasteiger partial charge < -0.3 is 10.6 Å². The number of hydrazine groups is 1. The highest BCUT2D eigenvalue weighted by Gasteiger charge is 2.22. The first-order valence-corrected chi connectivity index (χ1v) is 8.61. The number of nitrogens with zero attached hydrogens (tertiary/aromatic N) is 1. The Balaban J connectivity index is 1.63. The van der Waals surface area contributed by atoms with Crippen LogP contribution in [-0.2, 0) is 0 Å². The van der Waals surface area contributed by atoms with Crippen LogP contribution >= 0.6 is 11.6 Å². The monoisotopic (exact) mass is 353 g/mol. The van der Waals surface area contributed by atoms with Gasteiger partial charge in [-0.3, -0.25) is 11.2 Å². The minimum absolute atomic E-state index is 0.102. The normalized spacial score (nSPS) is 21.6. The summed E-state index contributed by atoms with van der Waals surface area (Å²) in [7, 11) is 0. The molecule has 0 aromatic heterocycles. The van der Waals surface area contributed by atoms with Crippen molar-refractivity contribution in [2.75, 3.05) is 6.54 Å². The Labute approximate surface area is 151 Å². The molecule has 2 heterocycles.